The van der Waals surface area contributed by atoms with E-state index in [9.17, 15) is 9.59 Å². The molecule has 1 aromatic carbocycles. The molecule has 2 aromatic rings. The molecule has 2 rings (SSSR count). The topological polar surface area (TPSA) is 82.6 Å². The van der Waals surface area contributed by atoms with Gasteiger partial charge < -0.3 is 14.8 Å². The van der Waals surface area contributed by atoms with Crippen molar-refractivity contribution in [3.05, 3.63) is 30.0 Å². The Morgan fingerprint density at radius 1 is 1.11 bits per heavy atom. The van der Waals surface area contributed by atoms with Crippen molar-refractivity contribution < 1.29 is 19.4 Å². The van der Waals surface area contributed by atoms with Crippen molar-refractivity contribution in [2.75, 3.05) is 6.54 Å². The van der Waals surface area contributed by atoms with Crippen molar-refractivity contribution in [1.29, 1.82) is 0 Å². The predicted octanol–water partition coefficient (Wildman–Crippen LogP) is 4.38. The highest BCUT2D eigenvalue weighted by Gasteiger charge is 2.17. The van der Waals surface area contributed by atoms with Gasteiger partial charge in [-0.3, -0.25) is 14.5 Å². The molecule has 0 fully saturated rings. The molecule has 0 spiro atoms. The van der Waals surface area contributed by atoms with E-state index in [0.717, 1.165) is 29.4 Å². The first-order valence-electron chi connectivity index (χ1n) is 10.1. The lowest BCUT2D eigenvalue weighted by Gasteiger charge is -2.30. The lowest BCUT2D eigenvalue weighted by Crippen LogP contribution is -2.38. The molecule has 6 heteroatoms. The Kier molecular flexibility index (Phi) is 8.05. The summed E-state index contributed by atoms with van der Waals surface area (Å²) in [5.74, 6) is -0.597. The van der Waals surface area contributed by atoms with Crippen LogP contribution in [0.2, 0.25) is 0 Å². The summed E-state index contributed by atoms with van der Waals surface area (Å²) in [5.41, 5.74) is 2.09. The van der Waals surface area contributed by atoms with Crippen LogP contribution >= 0.6 is 0 Å². The van der Waals surface area contributed by atoms with Crippen LogP contribution in [0.25, 0.3) is 10.9 Å². The molecule has 0 aliphatic carbocycles. The number of carbonyl (C=O) groups is 2. The third-order valence-corrected chi connectivity index (χ3v) is 4.96. The first kappa shape index (κ1) is 22.0. The molecule has 0 saturated heterocycles. The van der Waals surface area contributed by atoms with Crippen LogP contribution in [0.1, 0.15) is 58.9 Å². The summed E-state index contributed by atoms with van der Waals surface area (Å²) in [6.45, 7) is 9.74. The van der Waals surface area contributed by atoms with Crippen molar-refractivity contribution in [1.82, 2.24) is 9.88 Å². The van der Waals surface area contributed by atoms with Crippen LogP contribution in [0.15, 0.2) is 24.4 Å². The average molecular weight is 389 g/mol. The first-order valence-corrected chi connectivity index (χ1v) is 10.1. The highest BCUT2D eigenvalue weighted by Crippen LogP contribution is 2.30. The molecule has 0 aliphatic heterocycles. The molecular weight excluding hydrogens is 356 g/mol. The van der Waals surface area contributed by atoms with Crippen LogP contribution in [0.4, 0.5) is 0 Å². The molecule has 1 heterocycles. The number of nitrogens with one attached hydrogen (secondary N) is 1. The SMILES string of the molecule is CC(C)N(CCc1c[nH]c2cccc(OC(=O)CCCCC(=O)O)c12)C(C)C. The van der Waals surface area contributed by atoms with Crippen LogP contribution in [0.5, 0.6) is 5.75 Å². The van der Waals surface area contributed by atoms with Gasteiger partial charge in [-0.25, -0.2) is 0 Å². The number of unbranched alkanes of at least 4 members (excludes halogenated alkanes) is 1. The minimum absolute atomic E-state index is 0.0764. The van der Waals surface area contributed by atoms with Gasteiger partial charge in [0, 0.05) is 48.6 Å². The van der Waals surface area contributed by atoms with E-state index in [0.29, 0.717) is 30.7 Å². The zero-order valence-corrected chi connectivity index (χ0v) is 17.3. The third-order valence-electron chi connectivity index (χ3n) is 4.96. The molecule has 0 unspecified atom stereocenters. The highest BCUT2D eigenvalue weighted by atomic mass is 16.5. The molecule has 2 N–H and O–H groups in total. The number of H-pyrrole nitrogens is 1. The van der Waals surface area contributed by atoms with Crippen molar-refractivity contribution >= 4 is 22.8 Å². The van der Waals surface area contributed by atoms with Crippen LogP contribution < -0.4 is 4.74 Å². The molecule has 28 heavy (non-hydrogen) atoms. The van der Waals surface area contributed by atoms with Gasteiger partial charge in [-0.05, 0) is 64.7 Å². The fraction of sp³-hybridized carbons (Fsp3) is 0.545. The summed E-state index contributed by atoms with van der Waals surface area (Å²) in [4.78, 5) is 28.5. The van der Waals surface area contributed by atoms with Gasteiger partial charge in [0.2, 0.25) is 0 Å². The Hall–Kier alpha value is -2.34. The van der Waals surface area contributed by atoms with E-state index in [4.69, 9.17) is 9.84 Å². The van der Waals surface area contributed by atoms with E-state index in [1.54, 1.807) is 0 Å². The number of carboxylic acid groups (broad SMARTS) is 1. The molecule has 0 bridgehead atoms. The lowest BCUT2D eigenvalue weighted by atomic mass is 10.1. The van der Waals surface area contributed by atoms with E-state index in [2.05, 4.69) is 37.6 Å². The minimum atomic E-state index is -0.841. The number of esters is 1. The van der Waals surface area contributed by atoms with Gasteiger partial charge in [0.25, 0.3) is 0 Å². The number of carbonyl (C=O) groups excluding carboxylic acids is 1. The van der Waals surface area contributed by atoms with E-state index >= 15 is 0 Å². The number of benzene rings is 1. The average Bonchev–Trinajstić information content (AvgIpc) is 3.02. The maximum Gasteiger partial charge on any atom is 0.311 e. The Morgan fingerprint density at radius 2 is 1.79 bits per heavy atom. The molecule has 0 aliphatic rings. The molecular formula is C22H32N2O4. The van der Waals surface area contributed by atoms with Gasteiger partial charge in [0.05, 0.1) is 0 Å². The van der Waals surface area contributed by atoms with E-state index < -0.39 is 5.97 Å². The van der Waals surface area contributed by atoms with E-state index in [1.165, 1.54) is 0 Å². The van der Waals surface area contributed by atoms with Crippen molar-refractivity contribution in [3.8, 4) is 5.75 Å². The highest BCUT2D eigenvalue weighted by molar-refractivity contribution is 5.91. The monoisotopic (exact) mass is 388 g/mol. The summed E-state index contributed by atoms with van der Waals surface area (Å²) in [5, 5.41) is 9.63. The van der Waals surface area contributed by atoms with Gasteiger partial charge in [-0.2, -0.15) is 0 Å². The van der Waals surface area contributed by atoms with Crippen LogP contribution in [-0.4, -0.2) is 45.6 Å². The van der Waals surface area contributed by atoms with Crippen LogP contribution in [0, 0.1) is 0 Å². The third kappa shape index (κ3) is 6.09. The number of carboxylic acids is 1. The second kappa shape index (κ2) is 10.3. The molecule has 1 aromatic heterocycles. The number of ether oxygens (including phenoxy) is 1. The molecule has 6 nitrogen and oxygen atoms in total. The number of rotatable bonds is 11. The number of fused-ring (bicyclic) bond motifs is 1. The Labute approximate surface area is 166 Å². The van der Waals surface area contributed by atoms with E-state index in [1.807, 2.05) is 24.4 Å². The first-order chi connectivity index (χ1) is 13.3. The summed E-state index contributed by atoms with van der Waals surface area (Å²) in [7, 11) is 0. The smallest absolute Gasteiger partial charge is 0.311 e. The van der Waals surface area contributed by atoms with E-state index in [-0.39, 0.29) is 18.8 Å². The summed E-state index contributed by atoms with van der Waals surface area (Å²) in [6, 6.07) is 6.59. The quantitative estimate of drug-likeness (QED) is 0.339. The molecule has 0 saturated carbocycles. The molecule has 0 amide bonds. The molecule has 0 radical (unpaired) electrons. The summed E-state index contributed by atoms with van der Waals surface area (Å²) < 4.78 is 5.62. The number of aliphatic carboxylic acids is 1. The normalized spacial score (nSPS) is 11.7. The Morgan fingerprint density at radius 3 is 2.43 bits per heavy atom. The number of hydrogen-bond donors (Lipinski definition) is 2. The van der Waals surface area contributed by atoms with Gasteiger partial charge in [-0.1, -0.05) is 6.07 Å². The maximum absolute atomic E-state index is 12.2. The minimum Gasteiger partial charge on any atom is -0.481 e. The van der Waals surface area contributed by atoms with Gasteiger partial charge in [0.1, 0.15) is 5.75 Å². The van der Waals surface area contributed by atoms with Crippen molar-refractivity contribution in [3.63, 3.8) is 0 Å². The second-order valence-corrected chi connectivity index (χ2v) is 7.74. The lowest BCUT2D eigenvalue weighted by molar-refractivity contribution is -0.138. The molecule has 0 atom stereocenters. The van der Waals surface area contributed by atoms with Crippen LogP contribution in [0.3, 0.4) is 0 Å². The summed E-state index contributed by atoms with van der Waals surface area (Å²) in [6.07, 6.45) is 4.14. The number of hydrogen-bond acceptors (Lipinski definition) is 4. The maximum atomic E-state index is 12.2. The fourth-order valence-electron chi connectivity index (χ4n) is 3.58. The fourth-order valence-corrected chi connectivity index (χ4v) is 3.58. The standard InChI is InChI=1S/C22H32N2O4/c1-15(2)24(16(3)4)13-12-17-14-23-18-8-7-9-19(22(17)18)28-21(27)11-6-5-10-20(25)26/h7-9,14-16,23H,5-6,10-13H2,1-4H3,(H,25,26). The Balaban J connectivity index is 2.07. The van der Waals surface area contributed by atoms with Crippen LogP contribution in [-0.2, 0) is 16.0 Å². The molecule has 154 valence electrons. The zero-order valence-electron chi connectivity index (χ0n) is 17.3. The number of nitrogens with zero attached hydrogens (tertiary/aromatic N) is 1. The van der Waals surface area contributed by atoms with Gasteiger partial charge in [-0.15, -0.1) is 0 Å². The second-order valence-electron chi connectivity index (χ2n) is 7.74. The number of aromatic nitrogens is 1. The predicted molar refractivity (Wildman–Crippen MR) is 111 cm³/mol. The largest absolute Gasteiger partial charge is 0.481 e. The van der Waals surface area contributed by atoms with Crippen molar-refractivity contribution in [2.45, 2.75) is 71.9 Å². The number of aromatic amines is 1. The zero-order chi connectivity index (χ0) is 20.7. The van der Waals surface area contributed by atoms with Crippen molar-refractivity contribution in [2.24, 2.45) is 0 Å². The Bertz CT molecular complexity index is 787. The summed E-state index contributed by atoms with van der Waals surface area (Å²) >= 11 is 0. The van der Waals surface area contributed by atoms with Gasteiger partial charge in [0.15, 0.2) is 0 Å². The van der Waals surface area contributed by atoms with Gasteiger partial charge >= 0.3 is 11.9 Å².